The molecule has 386 valence electrons. The largest absolute Gasteiger partial charge is 0.481 e. The van der Waals surface area contributed by atoms with Crippen molar-refractivity contribution in [3.63, 3.8) is 0 Å². The highest BCUT2D eigenvalue weighted by atomic mass is 16.4. The standard InChI is InChI=1S/C43H70N12O10.C2H4O2/c1-24(2)22-32(38(60)50-26(4)36(58)48-25(3)35(57)49-27(5)37(59)53-31(42(64)65)17-12-20-47-43(45)46)54-40(62)34-18-13-21-55(34)41(63)30(16-10-11-19-44)52-39(61)33(51-28(6)56)23-29-14-8-7-9-15-29;1-2(3)4/h7-9,14-15,24-27,30-34H,10-13,16-23,44H2,1-6H3,(H,48,58)(H,49,57)(H,50,60)(H,51,56)(H,52,61)(H,53,59)(H,54,62)(H,64,65)(H4,45,46,47);1H3,(H,3,4)/t25-,26-,27+,30-,31-,32-,33-,34-;/m0./s1. The first-order chi connectivity index (χ1) is 32.4. The molecule has 0 unspecified atom stereocenters. The van der Waals surface area contributed by atoms with Crippen LogP contribution in [0, 0.1) is 5.92 Å². The fraction of sp³-hybridized carbons (Fsp3) is 0.622. The number of carbonyl (C=O) groups is 10. The lowest BCUT2D eigenvalue weighted by atomic mass is 10.0. The van der Waals surface area contributed by atoms with E-state index in [1.54, 1.807) is 0 Å². The second kappa shape index (κ2) is 31.2. The molecule has 24 nitrogen and oxygen atoms in total. The van der Waals surface area contributed by atoms with Gasteiger partial charge in [-0.2, -0.15) is 0 Å². The zero-order chi connectivity index (χ0) is 52.4. The summed E-state index contributed by atoms with van der Waals surface area (Å²) in [6.07, 6.45) is 2.72. The number of aliphatic carboxylic acids is 2. The Morgan fingerprint density at radius 3 is 1.68 bits per heavy atom. The van der Waals surface area contributed by atoms with Gasteiger partial charge in [-0.15, -0.1) is 0 Å². The van der Waals surface area contributed by atoms with Gasteiger partial charge >= 0.3 is 5.97 Å². The Morgan fingerprint density at radius 2 is 1.17 bits per heavy atom. The van der Waals surface area contributed by atoms with E-state index in [-0.39, 0.29) is 57.1 Å². The van der Waals surface area contributed by atoms with E-state index < -0.39 is 108 Å². The van der Waals surface area contributed by atoms with E-state index >= 15 is 0 Å². The van der Waals surface area contributed by atoms with E-state index in [4.69, 9.17) is 27.1 Å². The zero-order valence-electron chi connectivity index (χ0n) is 40.7. The van der Waals surface area contributed by atoms with Gasteiger partial charge in [-0.1, -0.05) is 44.2 Å². The lowest BCUT2D eigenvalue weighted by Crippen LogP contribution is -2.59. The quantitative estimate of drug-likeness (QED) is 0.0260. The third kappa shape index (κ3) is 23.6. The van der Waals surface area contributed by atoms with Gasteiger partial charge < -0.3 is 69.5 Å². The Bertz CT molecular complexity index is 1930. The minimum atomic E-state index is -1.29. The van der Waals surface area contributed by atoms with Crippen molar-refractivity contribution in [2.75, 3.05) is 19.6 Å². The lowest BCUT2D eigenvalue weighted by Gasteiger charge is -2.31. The number of hydrogen-bond donors (Lipinski definition) is 12. The van der Waals surface area contributed by atoms with Crippen molar-refractivity contribution in [2.45, 2.75) is 155 Å². The maximum absolute atomic E-state index is 14.2. The molecular weight excluding hydrogens is 901 g/mol. The monoisotopic (exact) mass is 975 g/mol. The van der Waals surface area contributed by atoms with Crippen LogP contribution in [0.3, 0.4) is 0 Å². The number of nitrogens with two attached hydrogens (primary N) is 3. The number of carbonyl (C=O) groups excluding carboxylic acids is 8. The van der Waals surface area contributed by atoms with Gasteiger partial charge in [-0.05, 0) is 90.2 Å². The maximum Gasteiger partial charge on any atom is 0.326 e. The molecule has 0 aromatic heterocycles. The predicted octanol–water partition coefficient (Wildman–Crippen LogP) is -1.90. The molecule has 1 fully saturated rings. The third-order valence-corrected chi connectivity index (χ3v) is 10.5. The number of carboxylic acid groups (broad SMARTS) is 2. The van der Waals surface area contributed by atoms with E-state index in [0.29, 0.717) is 32.2 Å². The van der Waals surface area contributed by atoms with Crippen molar-refractivity contribution < 1.29 is 58.2 Å². The average molecular weight is 975 g/mol. The number of rotatable bonds is 27. The number of guanidine groups is 1. The van der Waals surface area contributed by atoms with Gasteiger partial charge in [0, 0.05) is 33.4 Å². The molecule has 0 saturated carbocycles. The van der Waals surface area contributed by atoms with Crippen LogP contribution in [-0.2, 0) is 54.4 Å². The van der Waals surface area contributed by atoms with Crippen LogP contribution in [-0.4, -0.2) is 148 Å². The molecule has 1 saturated heterocycles. The van der Waals surface area contributed by atoms with Crippen LogP contribution in [0.4, 0.5) is 0 Å². The first kappa shape index (κ1) is 60.2. The van der Waals surface area contributed by atoms with Gasteiger partial charge in [0.25, 0.3) is 5.97 Å². The van der Waals surface area contributed by atoms with Crippen molar-refractivity contribution in [1.82, 2.24) is 42.1 Å². The molecule has 1 aromatic rings. The van der Waals surface area contributed by atoms with Crippen LogP contribution in [0.5, 0.6) is 0 Å². The van der Waals surface area contributed by atoms with Crippen molar-refractivity contribution in [3.8, 4) is 0 Å². The van der Waals surface area contributed by atoms with E-state index in [1.165, 1.54) is 32.6 Å². The van der Waals surface area contributed by atoms with Crippen LogP contribution in [0.2, 0.25) is 0 Å². The van der Waals surface area contributed by atoms with E-state index in [0.717, 1.165) is 12.5 Å². The average Bonchev–Trinajstić information content (AvgIpc) is 3.76. The first-order valence-electron chi connectivity index (χ1n) is 23.0. The Morgan fingerprint density at radius 1 is 0.667 bits per heavy atom. The summed E-state index contributed by atoms with van der Waals surface area (Å²) in [5.74, 6) is -7.42. The summed E-state index contributed by atoms with van der Waals surface area (Å²) in [5.41, 5.74) is 17.1. The number of carboxylic acids is 2. The summed E-state index contributed by atoms with van der Waals surface area (Å²) in [6.45, 7) is 10.9. The van der Waals surface area contributed by atoms with Gasteiger partial charge in [-0.3, -0.25) is 48.1 Å². The van der Waals surface area contributed by atoms with Gasteiger partial charge in [-0.25, -0.2) is 4.79 Å². The Kier molecular flexibility index (Phi) is 27.2. The summed E-state index contributed by atoms with van der Waals surface area (Å²) in [4.78, 5) is 132. The van der Waals surface area contributed by atoms with Crippen LogP contribution in [0.1, 0.15) is 105 Å². The summed E-state index contributed by atoms with van der Waals surface area (Å²) in [6, 6.07) is 0.179. The van der Waals surface area contributed by atoms with E-state index in [9.17, 15) is 48.3 Å². The maximum atomic E-state index is 14.2. The summed E-state index contributed by atoms with van der Waals surface area (Å²) < 4.78 is 0. The van der Waals surface area contributed by atoms with Crippen LogP contribution in [0.15, 0.2) is 35.3 Å². The normalized spacial score (nSPS) is 16.0. The number of amides is 8. The SMILES string of the molecule is CC(=O)N[C@@H](Cc1ccccc1)C(=O)N[C@@H](CCCCN)C(=O)N1CCC[C@H]1C(=O)N[C@@H](CC(C)C)C(=O)N[C@@H](C)C(=O)N[C@@H](C)C(=O)N[C@H](C)C(=O)N[C@@H](CCCN=C(N)N)C(=O)O.CC(=O)O. The topological polar surface area (TPSA) is 389 Å². The fourth-order valence-electron chi connectivity index (χ4n) is 7.05. The molecule has 69 heavy (non-hydrogen) atoms. The lowest BCUT2D eigenvalue weighted by molar-refractivity contribution is -0.142. The minimum Gasteiger partial charge on any atom is -0.481 e. The van der Waals surface area contributed by atoms with Crippen molar-refractivity contribution in [1.29, 1.82) is 0 Å². The van der Waals surface area contributed by atoms with Gasteiger partial charge in [0.05, 0.1) is 0 Å². The number of unbranched alkanes of at least 4 members (excludes halogenated alkanes) is 1. The second-order valence-electron chi connectivity index (χ2n) is 17.2. The van der Waals surface area contributed by atoms with Crippen LogP contribution in [0.25, 0.3) is 0 Å². The number of likely N-dealkylation sites (tertiary alicyclic amines) is 1. The van der Waals surface area contributed by atoms with Gasteiger partial charge in [0.1, 0.15) is 48.3 Å². The molecule has 0 aliphatic carbocycles. The molecule has 1 heterocycles. The Hall–Kier alpha value is -6.85. The van der Waals surface area contributed by atoms with Gasteiger partial charge in [0.15, 0.2) is 5.96 Å². The molecular formula is C45H74N12O12. The number of nitrogens with zero attached hydrogens (tertiary/aromatic N) is 2. The van der Waals surface area contributed by atoms with Crippen molar-refractivity contribution in [2.24, 2.45) is 28.1 Å². The molecule has 1 aliphatic rings. The molecule has 1 aromatic carbocycles. The third-order valence-electron chi connectivity index (χ3n) is 10.5. The molecule has 1 aliphatic heterocycles. The molecule has 2 rings (SSSR count). The van der Waals surface area contributed by atoms with E-state index in [2.05, 4.69) is 42.2 Å². The highest BCUT2D eigenvalue weighted by Crippen LogP contribution is 2.21. The molecule has 0 spiro atoms. The Balaban J connectivity index is 0.00000571. The van der Waals surface area contributed by atoms with Crippen molar-refractivity contribution in [3.05, 3.63) is 35.9 Å². The number of nitrogens with one attached hydrogen (secondary N) is 7. The van der Waals surface area contributed by atoms with Crippen LogP contribution < -0.4 is 54.4 Å². The molecule has 8 atom stereocenters. The van der Waals surface area contributed by atoms with E-state index in [1.807, 2.05) is 44.2 Å². The van der Waals surface area contributed by atoms with Gasteiger partial charge in [0.2, 0.25) is 47.3 Å². The Labute approximate surface area is 402 Å². The molecule has 15 N–H and O–H groups in total. The smallest absolute Gasteiger partial charge is 0.326 e. The molecule has 0 radical (unpaired) electrons. The minimum absolute atomic E-state index is 0.0197. The number of benzene rings is 1. The molecule has 8 amide bonds. The highest BCUT2D eigenvalue weighted by molar-refractivity contribution is 5.98. The number of hydrogen-bond acceptors (Lipinski definition) is 12. The summed E-state index contributed by atoms with van der Waals surface area (Å²) >= 11 is 0. The molecule has 0 bridgehead atoms. The number of aliphatic imine (C=N–C) groups is 1. The highest BCUT2D eigenvalue weighted by Gasteiger charge is 2.40. The molecule has 24 heteroatoms. The first-order valence-corrected chi connectivity index (χ1v) is 23.0. The predicted molar refractivity (Wildman–Crippen MR) is 254 cm³/mol. The fourth-order valence-corrected chi connectivity index (χ4v) is 7.05. The van der Waals surface area contributed by atoms with Crippen LogP contribution >= 0.6 is 0 Å². The van der Waals surface area contributed by atoms with Crippen molar-refractivity contribution >= 4 is 65.2 Å². The zero-order valence-corrected chi connectivity index (χ0v) is 40.7. The second-order valence-corrected chi connectivity index (χ2v) is 17.2. The summed E-state index contributed by atoms with van der Waals surface area (Å²) in [7, 11) is 0. The summed E-state index contributed by atoms with van der Waals surface area (Å²) in [5, 5.41) is 35.0.